The van der Waals surface area contributed by atoms with Crippen LogP contribution in [0.25, 0.3) is 0 Å². The lowest BCUT2D eigenvalue weighted by Crippen LogP contribution is -2.18. The molecule has 1 aromatic heterocycles. The molecular weight excluding hydrogens is 262 g/mol. The SMILES string of the molecule is CCCOc1nc(N(C)Cc2cccc(C)c2)ccc1N. The van der Waals surface area contributed by atoms with Crippen molar-refractivity contribution < 1.29 is 4.74 Å². The number of nitrogens with two attached hydrogens (primary N) is 1. The maximum atomic E-state index is 5.90. The molecule has 2 aromatic rings. The highest BCUT2D eigenvalue weighted by Gasteiger charge is 2.08. The van der Waals surface area contributed by atoms with Crippen molar-refractivity contribution in [2.75, 3.05) is 24.3 Å². The topological polar surface area (TPSA) is 51.4 Å². The van der Waals surface area contributed by atoms with E-state index in [1.807, 2.05) is 19.2 Å². The molecule has 1 aromatic carbocycles. The molecule has 0 aliphatic heterocycles. The van der Waals surface area contributed by atoms with Crippen LogP contribution < -0.4 is 15.4 Å². The second kappa shape index (κ2) is 6.97. The Balaban J connectivity index is 2.13. The third kappa shape index (κ3) is 4.12. The Labute approximate surface area is 126 Å². The number of nitrogen functional groups attached to an aromatic ring is 1. The lowest BCUT2D eigenvalue weighted by molar-refractivity contribution is 0.307. The molecule has 0 radical (unpaired) electrons. The lowest BCUT2D eigenvalue weighted by Gasteiger charge is -2.19. The maximum Gasteiger partial charge on any atom is 0.239 e. The summed E-state index contributed by atoms with van der Waals surface area (Å²) in [4.78, 5) is 6.60. The molecule has 4 nitrogen and oxygen atoms in total. The Morgan fingerprint density at radius 1 is 1.24 bits per heavy atom. The zero-order valence-electron chi connectivity index (χ0n) is 13.0. The van der Waals surface area contributed by atoms with Crippen LogP contribution in [0, 0.1) is 6.92 Å². The second-order valence-electron chi connectivity index (χ2n) is 5.26. The standard InChI is InChI=1S/C17H23N3O/c1-4-10-21-17-15(18)8-9-16(19-17)20(3)12-14-7-5-6-13(2)11-14/h5-9,11H,4,10,12,18H2,1-3H3. The van der Waals surface area contributed by atoms with Gasteiger partial charge in [0.25, 0.3) is 0 Å². The van der Waals surface area contributed by atoms with Gasteiger partial charge >= 0.3 is 0 Å². The zero-order valence-corrected chi connectivity index (χ0v) is 13.0. The fourth-order valence-electron chi connectivity index (χ4n) is 2.13. The second-order valence-corrected chi connectivity index (χ2v) is 5.26. The van der Waals surface area contributed by atoms with Crippen LogP contribution in [0.4, 0.5) is 11.5 Å². The van der Waals surface area contributed by atoms with Crippen molar-refractivity contribution in [1.82, 2.24) is 4.98 Å². The Morgan fingerprint density at radius 2 is 2.05 bits per heavy atom. The molecule has 0 amide bonds. The molecule has 0 fully saturated rings. The predicted octanol–water partition coefficient (Wildman–Crippen LogP) is 3.40. The third-order valence-electron chi connectivity index (χ3n) is 3.21. The van der Waals surface area contributed by atoms with Crippen LogP contribution in [0.3, 0.4) is 0 Å². The molecule has 0 spiro atoms. The molecule has 0 bridgehead atoms. The van der Waals surface area contributed by atoms with E-state index in [0.717, 1.165) is 18.8 Å². The van der Waals surface area contributed by atoms with E-state index in [0.29, 0.717) is 18.2 Å². The first-order valence-electron chi connectivity index (χ1n) is 7.26. The van der Waals surface area contributed by atoms with Crippen molar-refractivity contribution in [2.45, 2.75) is 26.8 Å². The van der Waals surface area contributed by atoms with Crippen molar-refractivity contribution in [2.24, 2.45) is 0 Å². The molecule has 2 rings (SSSR count). The van der Waals surface area contributed by atoms with Crippen LogP contribution in [0.1, 0.15) is 24.5 Å². The molecule has 0 aliphatic carbocycles. The molecule has 0 saturated carbocycles. The summed E-state index contributed by atoms with van der Waals surface area (Å²) in [6, 6.07) is 12.2. The summed E-state index contributed by atoms with van der Waals surface area (Å²) in [7, 11) is 2.02. The molecule has 1 heterocycles. The highest BCUT2D eigenvalue weighted by atomic mass is 16.5. The van der Waals surface area contributed by atoms with Crippen molar-refractivity contribution in [3.63, 3.8) is 0 Å². The van der Waals surface area contributed by atoms with Gasteiger partial charge in [-0.05, 0) is 31.0 Å². The van der Waals surface area contributed by atoms with Gasteiger partial charge in [0.15, 0.2) is 0 Å². The number of hydrogen-bond acceptors (Lipinski definition) is 4. The largest absolute Gasteiger partial charge is 0.476 e. The van der Waals surface area contributed by atoms with Crippen LogP contribution in [0.15, 0.2) is 36.4 Å². The molecule has 112 valence electrons. The fraction of sp³-hybridized carbons (Fsp3) is 0.353. The molecule has 21 heavy (non-hydrogen) atoms. The van der Waals surface area contributed by atoms with Crippen LogP contribution in [0.5, 0.6) is 5.88 Å². The fourth-order valence-corrected chi connectivity index (χ4v) is 2.13. The number of anilines is 2. The summed E-state index contributed by atoms with van der Waals surface area (Å²) in [6.07, 6.45) is 0.935. The Hall–Kier alpha value is -2.23. The number of nitrogens with zero attached hydrogens (tertiary/aromatic N) is 2. The minimum atomic E-state index is 0.519. The number of pyridine rings is 1. The smallest absolute Gasteiger partial charge is 0.239 e. The molecule has 2 N–H and O–H groups in total. The van der Waals surface area contributed by atoms with E-state index >= 15 is 0 Å². The van der Waals surface area contributed by atoms with Crippen molar-refractivity contribution in [3.8, 4) is 5.88 Å². The van der Waals surface area contributed by atoms with E-state index in [1.165, 1.54) is 11.1 Å². The molecule has 0 atom stereocenters. The summed E-state index contributed by atoms with van der Waals surface area (Å²) in [6.45, 7) is 5.58. The van der Waals surface area contributed by atoms with Gasteiger partial charge in [0.1, 0.15) is 5.82 Å². The highest BCUT2D eigenvalue weighted by Crippen LogP contribution is 2.23. The average Bonchev–Trinajstić information content (AvgIpc) is 2.46. The molecule has 0 saturated heterocycles. The van der Waals surface area contributed by atoms with Gasteiger partial charge in [0, 0.05) is 13.6 Å². The summed E-state index contributed by atoms with van der Waals surface area (Å²) in [5.41, 5.74) is 9.00. The molecular formula is C17H23N3O. The number of rotatable bonds is 6. The number of ether oxygens (including phenoxy) is 1. The van der Waals surface area contributed by atoms with Crippen molar-refractivity contribution in [1.29, 1.82) is 0 Å². The quantitative estimate of drug-likeness (QED) is 0.884. The summed E-state index contributed by atoms with van der Waals surface area (Å²) in [5, 5.41) is 0. The number of aryl methyl sites for hydroxylation is 1. The molecule has 4 heteroatoms. The number of aromatic nitrogens is 1. The zero-order chi connectivity index (χ0) is 15.2. The first-order valence-corrected chi connectivity index (χ1v) is 7.26. The monoisotopic (exact) mass is 285 g/mol. The van der Waals surface area contributed by atoms with Gasteiger partial charge in [-0.2, -0.15) is 4.98 Å². The minimum Gasteiger partial charge on any atom is -0.476 e. The first-order chi connectivity index (χ1) is 10.1. The van der Waals surface area contributed by atoms with E-state index < -0.39 is 0 Å². The summed E-state index contributed by atoms with van der Waals surface area (Å²) < 4.78 is 5.58. The summed E-state index contributed by atoms with van der Waals surface area (Å²) in [5.74, 6) is 1.38. The molecule has 0 aliphatic rings. The number of hydrogen-bond donors (Lipinski definition) is 1. The van der Waals surface area contributed by atoms with E-state index in [9.17, 15) is 0 Å². The van der Waals surface area contributed by atoms with Crippen LogP contribution in [0.2, 0.25) is 0 Å². The lowest BCUT2D eigenvalue weighted by atomic mass is 10.1. The van der Waals surface area contributed by atoms with Crippen LogP contribution >= 0.6 is 0 Å². The van der Waals surface area contributed by atoms with E-state index in [-0.39, 0.29) is 0 Å². The normalized spacial score (nSPS) is 10.4. The Kier molecular flexibility index (Phi) is 5.04. The van der Waals surface area contributed by atoms with E-state index in [1.54, 1.807) is 0 Å². The van der Waals surface area contributed by atoms with Gasteiger partial charge in [-0.1, -0.05) is 36.8 Å². The van der Waals surface area contributed by atoms with Gasteiger partial charge in [0.05, 0.1) is 12.3 Å². The molecule has 0 unspecified atom stereocenters. The van der Waals surface area contributed by atoms with E-state index in [4.69, 9.17) is 10.5 Å². The van der Waals surface area contributed by atoms with Gasteiger partial charge in [-0.25, -0.2) is 0 Å². The average molecular weight is 285 g/mol. The van der Waals surface area contributed by atoms with Crippen LogP contribution in [-0.4, -0.2) is 18.6 Å². The maximum absolute atomic E-state index is 5.90. The third-order valence-corrected chi connectivity index (χ3v) is 3.21. The highest BCUT2D eigenvalue weighted by molar-refractivity contribution is 5.54. The predicted molar refractivity (Wildman–Crippen MR) is 87.7 cm³/mol. The van der Waals surface area contributed by atoms with Gasteiger partial charge < -0.3 is 15.4 Å². The van der Waals surface area contributed by atoms with Gasteiger partial charge in [0.2, 0.25) is 5.88 Å². The van der Waals surface area contributed by atoms with Crippen LogP contribution in [-0.2, 0) is 6.54 Å². The first kappa shape index (κ1) is 15.2. The van der Waals surface area contributed by atoms with Crippen molar-refractivity contribution in [3.05, 3.63) is 47.5 Å². The Bertz CT molecular complexity index is 598. The number of benzene rings is 1. The Morgan fingerprint density at radius 3 is 2.76 bits per heavy atom. The minimum absolute atomic E-state index is 0.519. The van der Waals surface area contributed by atoms with Gasteiger partial charge in [-0.15, -0.1) is 0 Å². The van der Waals surface area contributed by atoms with Crippen molar-refractivity contribution >= 4 is 11.5 Å². The van der Waals surface area contributed by atoms with Gasteiger partial charge in [-0.3, -0.25) is 0 Å². The summed E-state index contributed by atoms with van der Waals surface area (Å²) >= 11 is 0. The van der Waals surface area contributed by atoms with E-state index in [2.05, 4.69) is 48.0 Å².